The molecule has 6 nitrogen and oxygen atoms in total. The summed E-state index contributed by atoms with van der Waals surface area (Å²) in [5.41, 5.74) is 0.523. The van der Waals surface area contributed by atoms with Crippen LogP contribution >= 0.6 is 15.9 Å². The van der Waals surface area contributed by atoms with E-state index >= 15 is 0 Å². The zero-order chi connectivity index (χ0) is 16.3. The van der Waals surface area contributed by atoms with Gasteiger partial charge in [0.1, 0.15) is 18.2 Å². The number of methoxy groups -OCH3 is 2. The molecule has 0 atom stereocenters. The maximum absolute atomic E-state index is 13.4. The van der Waals surface area contributed by atoms with E-state index in [1.54, 1.807) is 0 Å². The molecule has 0 spiro atoms. The van der Waals surface area contributed by atoms with E-state index < -0.39 is 17.8 Å². The van der Waals surface area contributed by atoms with Crippen molar-refractivity contribution in [3.63, 3.8) is 0 Å². The third-order valence-corrected chi connectivity index (χ3v) is 3.66. The zero-order valence-electron chi connectivity index (χ0n) is 11.9. The van der Waals surface area contributed by atoms with E-state index in [4.69, 9.17) is 9.47 Å². The van der Waals surface area contributed by atoms with E-state index in [1.165, 1.54) is 37.3 Å². The summed E-state index contributed by atoms with van der Waals surface area (Å²) in [7, 11) is 2.41. The van der Waals surface area contributed by atoms with Gasteiger partial charge in [-0.15, -0.1) is 0 Å². The SMILES string of the molecule is COC(=O)C1=C(C(=O)OC)N(c2ccc(F)c(Br)c2)COC1. The van der Waals surface area contributed by atoms with Crippen LogP contribution < -0.4 is 4.90 Å². The number of esters is 2. The second kappa shape index (κ2) is 6.89. The summed E-state index contributed by atoms with van der Waals surface area (Å²) in [6.07, 6.45) is 0. The van der Waals surface area contributed by atoms with Gasteiger partial charge < -0.3 is 19.1 Å². The molecule has 0 amide bonds. The Morgan fingerprint density at radius 3 is 2.55 bits per heavy atom. The fourth-order valence-corrected chi connectivity index (χ4v) is 2.37. The number of benzene rings is 1. The second-order valence-electron chi connectivity index (χ2n) is 4.31. The van der Waals surface area contributed by atoms with Crippen LogP contribution in [0.4, 0.5) is 10.1 Å². The van der Waals surface area contributed by atoms with Crippen LogP contribution in [0.2, 0.25) is 0 Å². The molecule has 0 saturated carbocycles. The highest BCUT2D eigenvalue weighted by Gasteiger charge is 2.32. The van der Waals surface area contributed by atoms with Crippen LogP contribution in [-0.2, 0) is 23.8 Å². The summed E-state index contributed by atoms with van der Waals surface area (Å²) in [6, 6.07) is 4.18. The first kappa shape index (κ1) is 16.4. The van der Waals surface area contributed by atoms with E-state index in [1.807, 2.05) is 0 Å². The smallest absolute Gasteiger partial charge is 0.355 e. The first-order valence-corrected chi connectivity index (χ1v) is 6.99. The number of ether oxygens (including phenoxy) is 3. The van der Waals surface area contributed by atoms with Crippen LogP contribution in [0.1, 0.15) is 0 Å². The van der Waals surface area contributed by atoms with Gasteiger partial charge >= 0.3 is 11.9 Å². The minimum absolute atomic E-state index is 0.0131. The Balaban J connectivity index is 2.54. The van der Waals surface area contributed by atoms with Crippen LogP contribution in [0.15, 0.2) is 33.9 Å². The molecule has 0 saturated heterocycles. The van der Waals surface area contributed by atoms with Gasteiger partial charge in [0.05, 0.1) is 30.9 Å². The van der Waals surface area contributed by atoms with Crippen molar-refractivity contribution in [2.75, 3.05) is 32.5 Å². The summed E-state index contributed by atoms with van der Waals surface area (Å²) in [6.45, 7) is -0.0566. The zero-order valence-corrected chi connectivity index (χ0v) is 13.5. The number of nitrogens with zero attached hydrogens (tertiary/aromatic N) is 1. The summed E-state index contributed by atoms with van der Waals surface area (Å²) in [4.78, 5) is 25.3. The molecule has 22 heavy (non-hydrogen) atoms. The number of carbonyl (C=O) groups excluding carboxylic acids is 2. The number of carbonyl (C=O) groups is 2. The van der Waals surface area contributed by atoms with Crippen LogP contribution in [-0.4, -0.2) is 39.5 Å². The highest BCUT2D eigenvalue weighted by atomic mass is 79.9. The first-order valence-electron chi connectivity index (χ1n) is 6.19. The van der Waals surface area contributed by atoms with Crippen molar-refractivity contribution in [1.29, 1.82) is 0 Å². The molecule has 1 aromatic rings. The standard InChI is InChI=1S/C14H13BrFNO5/c1-20-13(18)9-6-22-7-17(12(9)14(19)21-2)8-3-4-11(16)10(15)5-8/h3-5H,6-7H2,1-2H3. The summed E-state index contributed by atoms with van der Waals surface area (Å²) in [5, 5.41) is 0. The second-order valence-corrected chi connectivity index (χ2v) is 5.17. The predicted octanol–water partition coefficient (Wildman–Crippen LogP) is 1.98. The Hall–Kier alpha value is -1.93. The summed E-state index contributed by atoms with van der Waals surface area (Å²) in [5.74, 6) is -1.84. The van der Waals surface area contributed by atoms with E-state index in [-0.39, 0.29) is 29.1 Å². The Morgan fingerprint density at radius 1 is 1.27 bits per heavy atom. The van der Waals surface area contributed by atoms with Crippen molar-refractivity contribution in [2.45, 2.75) is 0 Å². The van der Waals surface area contributed by atoms with Gasteiger partial charge in [-0.05, 0) is 34.1 Å². The molecule has 8 heteroatoms. The number of halogens is 2. The van der Waals surface area contributed by atoms with Crippen LogP contribution in [0.3, 0.4) is 0 Å². The van der Waals surface area contributed by atoms with Crippen molar-refractivity contribution in [3.05, 3.63) is 39.8 Å². The largest absolute Gasteiger partial charge is 0.466 e. The van der Waals surface area contributed by atoms with Crippen molar-refractivity contribution < 1.29 is 28.2 Å². The maximum atomic E-state index is 13.4. The molecule has 1 aliphatic heterocycles. The van der Waals surface area contributed by atoms with E-state index in [2.05, 4.69) is 20.7 Å². The third kappa shape index (κ3) is 3.12. The number of anilines is 1. The lowest BCUT2D eigenvalue weighted by Crippen LogP contribution is -2.38. The number of hydrogen-bond acceptors (Lipinski definition) is 6. The molecule has 2 rings (SSSR count). The molecule has 0 aromatic heterocycles. The van der Waals surface area contributed by atoms with Gasteiger partial charge in [0, 0.05) is 5.69 Å². The van der Waals surface area contributed by atoms with E-state index in [0.29, 0.717) is 5.69 Å². The highest BCUT2D eigenvalue weighted by Crippen LogP contribution is 2.29. The first-order chi connectivity index (χ1) is 10.5. The lowest BCUT2D eigenvalue weighted by atomic mass is 10.1. The van der Waals surface area contributed by atoms with Gasteiger partial charge in [-0.1, -0.05) is 0 Å². The number of hydrogen-bond donors (Lipinski definition) is 0. The predicted molar refractivity (Wildman–Crippen MR) is 78.5 cm³/mol. The van der Waals surface area contributed by atoms with E-state index in [0.717, 1.165) is 0 Å². The van der Waals surface area contributed by atoms with E-state index in [9.17, 15) is 14.0 Å². The highest BCUT2D eigenvalue weighted by molar-refractivity contribution is 9.10. The van der Waals surface area contributed by atoms with Gasteiger partial charge in [0.2, 0.25) is 0 Å². The fourth-order valence-electron chi connectivity index (χ4n) is 2.00. The minimum atomic E-state index is -0.704. The van der Waals surface area contributed by atoms with Gasteiger partial charge in [0.25, 0.3) is 0 Å². The normalized spacial score (nSPS) is 14.8. The molecule has 1 aromatic carbocycles. The van der Waals surface area contributed by atoms with Crippen molar-refractivity contribution in [1.82, 2.24) is 0 Å². The summed E-state index contributed by atoms with van der Waals surface area (Å²) < 4.78 is 28.3. The molecule has 0 N–H and O–H groups in total. The van der Waals surface area contributed by atoms with Gasteiger partial charge in [0.15, 0.2) is 0 Å². The van der Waals surface area contributed by atoms with Crippen LogP contribution in [0, 0.1) is 5.82 Å². The topological polar surface area (TPSA) is 65.1 Å². The Kier molecular flexibility index (Phi) is 5.15. The quantitative estimate of drug-likeness (QED) is 0.754. The fraction of sp³-hybridized carbons (Fsp3) is 0.286. The van der Waals surface area contributed by atoms with Crippen molar-refractivity contribution in [2.24, 2.45) is 0 Å². The Bertz CT molecular complexity index is 646. The Morgan fingerprint density at radius 2 is 1.95 bits per heavy atom. The Labute approximate surface area is 134 Å². The minimum Gasteiger partial charge on any atom is -0.466 e. The molecular formula is C14H13BrFNO5. The third-order valence-electron chi connectivity index (χ3n) is 3.05. The molecule has 0 bridgehead atoms. The molecule has 118 valence electrons. The molecule has 0 unspecified atom stereocenters. The average Bonchev–Trinajstić information content (AvgIpc) is 2.55. The molecule has 1 heterocycles. The molecule has 0 radical (unpaired) electrons. The van der Waals surface area contributed by atoms with Crippen LogP contribution in [0.25, 0.3) is 0 Å². The molecule has 0 aliphatic carbocycles. The molecule has 1 aliphatic rings. The van der Waals surface area contributed by atoms with Crippen molar-refractivity contribution in [3.8, 4) is 0 Å². The lowest BCUT2D eigenvalue weighted by Gasteiger charge is -2.31. The van der Waals surface area contributed by atoms with Gasteiger partial charge in [-0.25, -0.2) is 14.0 Å². The monoisotopic (exact) mass is 373 g/mol. The molecule has 0 fully saturated rings. The molecular weight excluding hydrogens is 361 g/mol. The van der Waals surface area contributed by atoms with Gasteiger partial charge in [-0.2, -0.15) is 0 Å². The van der Waals surface area contributed by atoms with Crippen molar-refractivity contribution >= 4 is 33.6 Å². The van der Waals surface area contributed by atoms with Gasteiger partial charge in [-0.3, -0.25) is 0 Å². The summed E-state index contributed by atoms with van der Waals surface area (Å²) >= 11 is 3.08. The lowest BCUT2D eigenvalue weighted by molar-refractivity contribution is -0.140. The maximum Gasteiger partial charge on any atom is 0.355 e. The average molecular weight is 374 g/mol. The van der Waals surface area contributed by atoms with Crippen LogP contribution in [0.5, 0.6) is 0 Å². The number of rotatable bonds is 3.